The van der Waals surface area contributed by atoms with Crippen molar-refractivity contribution in [1.82, 2.24) is 5.32 Å². The molecule has 7 nitrogen and oxygen atoms in total. The summed E-state index contributed by atoms with van der Waals surface area (Å²) in [6.45, 7) is 3.69. The van der Waals surface area contributed by atoms with E-state index in [1.807, 2.05) is 13.8 Å². The molecule has 0 spiro atoms. The molecule has 1 aliphatic heterocycles. The zero-order valence-corrected chi connectivity index (χ0v) is 13.5. The molecule has 124 valence electrons. The second kappa shape index (κ2) is 7.13. The van der Waals surface area contributed by atoms with E-state index >= 15 is 0 Å². The van der Waals surface area contributed by atoms with Crippen LogP contribution >= 0.6 is 0 Å². The molecule has 2 N–H and O–H groups in total. The van der Waals surface area contributed by atoms with Gasteiger partial charge in [0.25, 0.3) is 0 Å². The monoisotopic (exact) mass is 319 g/mol. The maximum Gasteiger partial charge on any atom is 0.328 e. The summed E-state index contributed by atoms with van der Waals surface area (Å²) in [7, 11) is 1.29. The van der Waals surface area contributed by atoms with E-state index in [4.69, 9.17) is 4.74 Å². The maximum atomic E-state index is 12.6. The molecule has 1 aliphatic rings. The lowest BCUT2D eigenvalue weighted by Crippen LogP contribution is -2.53. The Labute approximate surface area is 135 Å². The fourth-order valence-electron chi connectivity index (χ4n) is 2.42. The van der Waals surface area contributed by atoms with Crippen molar-refractivity contribution >= 4 is 29.3 Å². The van der Waals surface area contributed by atoms with Gasteiger partial charge in [-0.3, -0.25) is 9.69 Å². The van der Waals surface area contributed by atoms with Gasteiger partial charge in [-0.15, -0.1) is 0 Å². The van der Waals surface area contributed by atoms with Crippen LogP contribution in [0.2, 0.25) is 0 Å². The number of benzene rings is 1. The maximum absolute atomic E-state index is 12.6. The van der Waals surface area contributed by atoms with E-state index in [-0.39, 0.29) is 18.4 Å². The molecular formula is C16H21N3O4. The third kappa shape index (κ3) is 3.61. The van der Waals surface area contributed by atoms with Crippen molar-refractivity contribution < 1.29 is 19.1 Å². The van der Waals surface area contributed by atoms with Gasteiger partial charge in [-0.2, -0.15) is 0 Å². The number of nitrogens with one attached hydrogen (secondary N) is 2. The van der Waals surface area contributed by atoms with Crippen LogP contribution < -0.4 is 15.5 Å². The van der Waals surface area contributed by atoms with Crippen molar-refractivity contribution in [2.45, 2.75) is 26.3 Å². The van der Waals surface area contributed by atoms with Crippen molar-refractivity contribution in [3.63, 3.8) is 0 Å². The summed E-state index contributed by atoms with van der Waals surface area (Å²) >= 11 is 0. The number of rotatable bonds is 4. The molecule has 0 aromatic heterocycles. The topological polar surface area (TPSA) is 87.7 Å². The second-order valence-electron chi connectivity index (χ2n) is 5.49. The Morgan fingerprint density at radius 1 is 1.39 bits per heavy atom. The average molecular weight is 319 g/mol. The highest BCUT2D eigenvalue weighted by Gasteiger charge is 2.32. The van der Waals surface area contributed by atoms with E-state index in [1.54, 1.807) is 24.3 Å². The zero-order valence-electron chi connectivity index (χ0n) is 13.5. The van der Waals surface area contributed by atoms with Gasteiger partial charge in [-0.05, 0) is 18.1 Å². The molecule has 1 aromatic carbocycles. The summed E-state index contributed by atoms with van der Waals surface area (Å²) in [6.07, 6.45) is 0.705. The van der Waals surface area contributed by atoms with Crippen LogP contribution in [0.5, 0.6) is 0 Å². The van der Waals surface area contributed by atoms with Gasteiger partial charge in [0, 0.05) is 0 Å². The van der Waals surface area contributed by atoms with E-state index in [0.29, 0.717) is 17.8 Å². The van der Waals surface area contributed by atoms with E-state index < -0.39 is 18.0 Å². The first-order valence-corrected chi connectivity index (χ1v) is 7.52. The number of nitrogens with zero attached hydrogens (tertiary/aromatic N) is 1. The zero-order chi connectivity index (χ0) is 17.0. The van der Waals surface area contributed by atoms with E-state index in [9.17, 15) is 14.4 Å². The molecule has 0 bridgehead atoms. The van der Waals surface area contributed by atoms with Crippen LogP contribution in [0.25, 0.3) is 0 Å². The Morgan fingerprint density at radius 3 is 2.74 bits per heavy atom. The smallest absolute Gasteiger partial charge is 0.328 e. The van der Waals surface area contributed by atoms with Crippen LogP contribution in [0, 0.1) is 5.92 Å². The van der Waals surface area contributed by atoms with Crippen molar-refractivity contribution in [1.29, 1.82) is 0 Å². The number of carbonyl (C=O) groups excluding carboxylic acids is 3. The summed E-state index contributed by atoms with van der Waals surface area (Å²) in [6, 6.07) is 5.77. The van der Waals surface area contributed by atoms with Crippen LogP contribution in [0.15, 0.2) is 24.3 Å². The number of hydrogen-bond donors (Lipinski definition) is 2. The predicted molar refractivity (Wildman–Crippen MR) is 86.2 cm³/mol. The lowest BCUT2D eigenvalue weighted by atomic mass is 9.99. The number of carbonyl (C=O) groups is 3. The lowest BCUT2D eigenvalue weighted by Gasteiger charge is -2.31. The van der Waals surface area contributed by atoms with Crippen LogP contribution in [0.1, 0.15) is 20.3 Å². The first-order valence-electron chi connectivity index (χ1n) is 7.52. The molecule has 1 aromatic rings. The third-order valence-corrected chi connectivity index (χ3v) is 3.96. The van der Waals surface area contributed by atoms with Crippen LogP contribution in [0.4, 0.5) is 16.2 Å². The molecule has 0 saturated heterocycles. The first-order chi connectivity index (χ1) is 11.0. The highest BCUT2D eigenvalue weighted by atomic mass is 16.5. The fourth-order valence-corrected chi connectivity index (χ4v) is 2.42. The highest BCUT2D eigenvalue weighted by molar-refractivity contribution is 6.09. The molecule has 0 aliphatic carbocycles. The minimum atomic E-state index is -0.755. The van der Waals surface area contributed by atoms with Gasteiger partial charge in [0.1, 0.15) is 12.6 Å². The van der Waals surface area contributed by atoms with Crippen molar-refractivity contribution in [2.75, 3.05) is 23.9 Å². The SMILES string of the molecule is CCC(C)[C@H](NC(=O)N1CC(=O)Nc2ccccc21)C(=O)OC. The Morgan fingerprint density at radius 2 is 2.09 bits per heavy atom. The first kappa shape index (κ1) is 16.8. The number of anilines is 2. The lowest BCUT2D eigenvalue weighted by molar-refractivity contribution is -0.144. The van der Waals surface area contributed by atoms with Gasteiger partial charge >= 0.3 is 12.0 Å². The van der Waals surface area contributed by atoms with Gasteiger partial charge in [0.05, 0.1) is 18.5 Å². The largest absolute Gasteiger partial charge is 0.467 e. The highest BCUT2D eigenvalue weighted by Crippen LogP contribution is 2.29. The molecule has 1 heterocycles. The number of hydrogen-bond acceptors (Lipinski definition) is 4. The summed E-state index contributed by atoms with van der Waals surface area (Å²) < 4.78 is 4.76. The van der Waals surface area contributed by atoms with E-state index in [0.717, 1.165) is 0 Å². The van der Waals surface area contributed by atoms with E-state index in [2.05, 4.69) is 10.6 Å². The van der Waals surface area contributed by atoms with E-state index in [1.165, 1.54) is 12.0 Å². The number of methoxy groups -OCH3 is 1. The quantitative estimate of drug-likeness (QED) is 0.828. The summed E-state index contributed by atoms with van der Waals surface area (Å²) in [5.41, 5.74) is 1.16. The van der Waals surface area contributed by atoms with Gasteiger partial charge < -0.3 is 15.4 Å². The normalized spacial score (nSPS) is 16.0. The summed E-state index contributed by atoms with van der Waals surface area (Å²) in [5.74, 6) is -0.861. The number of fused-ring (bicyclic) bond motifs is 1. The van der Waals surface area contributed by atoms with Gasteiger partial charge in [0.2, 0.25) is 5.91 Å². The Hall–Kier alpha value is -2.57. The minimum Gasteiger partial charge on any atom is -0.467 e. The molecule has 23 heavy (non-hydrogen) atoms. The van der Waals surface area contributed by atoms with Crippen molar-refractivity contribution in [3.05, 3.63) is 24.3 Å². The summed E-state index contributed by atoms with van der Waals surface area (Å²) in [4.78, 5) is 37.6. The van der Waals surface area contributed by atoms with Gasteiger partial charge in [0.15, 0.2) is 0 Å². The number of amides is 3. The molecule has 2 atom stereocenters. The van der Waals surface area contributed by atoms with Crippen LogP contribution in [-0.2, 0) is 14.3 Å². The molecule has 7 heteroatoms. The van der Waals surface area contributed by atoms with Gasteiger partial charge in [-0.1, -0.05) is 32.4 Å². The molecule has 0 saturated carbocycles. The minimum absolute atomic E-state index is 0.0831. The van der Waals surface area contributed by atoms with Crippen LogP contribution in [0.3, 0.4) is 0 Å². The fraction of sp³-hybridized carbons (Fsp3) is 0.438. The molecular weight excluding hydrogens is 298 g/mol. The summed E-state index contributed by atoms with van der Waals surface area (Å²) in [5, 5.41) is 5.40. The number of ether oxygens (including phenoxy) is 1. The Balaban J connectivity index is 2.22. The molecule has 3 amide bonds. The Kier molecular flexibility index (Phi) is 5.20. The number of urea groups is 1. The molecule has 0 fully saturated rings. The average Bonchev–Trinajstić information content (AvgIpc) is 2.57. The third-order valence-electron chi connectivity index (χ3n) is 3.96. The van der Waals surface area contributed by atoms with Crippen molar-refractivity contribution in [3.8, 4) is 0 Å². The van der Waals surface area contributed by atoms with Crippen LogP contribution in [-0.4, -0.2) is 37.6 Å². The Bertz CT molecular complexity index is 617. The molecule has 0 radical (unpaired) electrons. The molecule has 1 unspecified atom stereocenters. The second-order valence-corrected chi connectivity index (χ2v) is 5.49. The predicted octanol–water partition coefficient (Wildman–Crippen LogP) is 1.74. The molecule has 2 rings (SSSR count). The van der Waals surface area contributed by atoms with Crippen molar-refractivity contribution in [2.24, 2.45) is 5.92 Å². The standard InChI is InChI=1S/C16H21N3O4/c1-4-10(2)14(15(21)23-3)18-16(22)19-9-13(20)17-11-7-5-6-8-12(11)19/h5-8,10,14H,4,9H2,1-3H3,(H,17,20)(H,18,22)/t10?,14-/m0/s1. The number of para-hydroxylation sites is 2. The van der Waals surface area contributed by atoms with Gasteiger partial charge in [-0.25, -0.2) is 9.59 Å². The number of esters is 1.